The zero-order valence-corrected chi connectivity index (χ0v) is 11.4. The Morgan fingerprint density at radius 3 is 2.68 bits per heavy atom. The SMILES string of the molecule is CCC(N)C(C)(CC(=O)O)c1c(F)cccc1OC. The van der Waals surface area contributed by atoms with Crippen molar-refractivity contribution in [1.82, 2.24) is 0 Å². The van der Waals surface area contributed by atoms with E-state index in [-0.39, 0.29) is 12.0 Å². The van der Waals surface area contributed by atoms with E-state index in [0.29, 0.717) is 12.2 Å². The van der Waals surface area contributed by atoms with Crippen molar-refractivity contribution in [3.05, 3.63) is 29.6 Å². The van der Waals surface area contributed by atoms with E-state index < -0.39 is 23.2 Å². The Morgan fingerprint density at radius 2 is 2.21 bits per heavy atom. The van der Waals surface area contributed by atoms with Gasteiger partial charge in [-0.25, -0.2) is 4.39 Å². The zero-order valence-electron chi connectivity index (χ0n) is 11.4. The van der Waals surface area contributed by atoms with E-state index in [2.05, 4.69) is 0 Å². The van der Waals surface area contributed by atoms with Crippen LogP contribution in [0.25, 0.3) is 0 Å². The van der Waals surface area contributed by atoms with E-state index in [9.17, 15) is 9.18 Å². The second kappa shape index (κ2) is 6.02. The number of aliphatic carboxylic acids is 1. The van der Waals surface area contributed by atoms with Crippen LogP contribution in [0.2, 0.25) is 0 Å². The van der Waals surface area contributed by atoms with E-state index in [1.807, 2.05) is 6.92 Å². The highest BCUT2D eigenvalue weighted by molar-refractivity contribution is 5.69. The summed E-state index contributed by atoms with van der Waals surface area (Å²) in [6, 6.07) is 3.95. The number of hydrogen-bond donors (Lipinski definition) is 2. The summed E-state index contributed by atoms with van der Waals surface area (Å²) in [5.74, 6) is -1.18. The number of methoxy groups -OCH3 is 1. The molecule has 0 saturated heterocycles. The Hall–Kier alpha value is -1.62. The summed E-state index contributed by atoms with van der Waals surface area (Å²) in [6.45, 7) is 3.51. The van der Waals surface area contributed by atoms with Gasteiger partial charge in [0.15, 0.2) is 0 Å². The fraction of sp³-hybridized carbons (Fsp3) is 0.500. The molecule has 0 aliphatic heterocycles. The van der Waals surface area contributed by atoms with Crippen LogP contribution in [0.1, 0.15) is 32.3 Å². The van der Waals surface area contributed by atoms with E-state index in [1.165, 1.54) is 19.2 Å². The van der Waals surface area contributed by atoms with Gasteiger partial charge in [-0.05, 0) is 18.6 Å². The average Bonchev–Trinajstić information content (AvgIpc) is 2.36. The quantitative estimate of drug-likeness (QED) is 0.831. The van der Waals surface area contributed by atoms with Crippen molar-refractivity contribution in [2.45, 2.75) is 38.1 Å². The van der Waals surface area contributed by atoms with Crippen LogP contribution in [-0.4, -0.2) is 24.2 Å². The highest BCUT2D eigenvalue weighted by Gasteiger charge is 2.39. The highest BCUT2D eigenvalue weighted by Crippen LogP contribution is 2.39. The monoisotopic (exact) mass is 269 g/mol. The zero-order chi connectivity index (χ0) is 14.6. The molecule has 1 aromatic rings. The van der Waals surface area contributed by atoms with Crippen LogP contribution in [0, 0.1) is 5.82 Å². The maximum Gasteiger partial charge on any atom is 0.304 e. The lowest BCUT2D eigenvalue weighted by molar-refractivity contribution is -0.138. The lowest BCUT2D eigenvalue weighted by atomic mass is 9.72. The Labute approximate surface area is 112 Å². The van der Waals surface area contributed by atoms with Crippen molar-refractivity contribution in [3.63, 3.8) is 0 Å². The van der Waals surface area contributed by atoms with Crippen LogP contribution in [0.5, 0.6) is 5.75 Å². The van der Waals surface area contributed by atoms with Crippen molar-refractivity contribution in [1.29, 1.82) is 0 Å². The number of carbonyl (C=O) groups is 1. The van der Waals surface area contributed by atoms with Crippen molar-refractivity contribution in [2.24, 2.45) is 5.73 Å². The molecule has 19 heavy (non-hydrogen) atoms. The Morgan fingerprint density at radius 1 is 1.58 bits per heavy atom. The first-order valence-electron chi connectivity index (χ1n) is 6.17. The van der Waals surface area contributed by atoms with Crippen molar-refractivity contribution < 1.29 is 19.0 Å². The lowest BCUT2D eigenvalue weighted by Crippen LogP contribution is -2.45. The number of nitrogens with two attached hydrogens (primary N) is 1. The molecule has 0 aromatic heterocycles. The minimum atomic E-state index is -1.02. The first kappa shape index (κ1) is 15.4. The normalized spacial score (nSPS) is 15.6. The number of rotatable bonds is 6. The predicted octanol–water partition coefficient (Wildman–Crippen LogP) is 2.30. The lowest BCUT2D eigenvalue weighted by Gasteiger charge is -2.35. The number of carboxylic acid groups (broad SMARTS) is 1. The Kier molecular flexibility index (Phi) is 4.89. The Bertz CT molecular complexity index is 464. The van der Waals surface area contributed by atoms with E-state index in [4.69, 9.17) is 15.6 Å². The van der Waals surface area contributed by atoms with E-state index in [0.717, 1.165) is 0 Å². The van der Waals surface area contributed by atoms with Gasteiger partial charge in [0.1, 0.15) is 11.6 Å². The third-order valence-corrected chi connectivity index (χ3v) is 3.54. The molecule has 2 atom stereocenters. The minimum Gasteiger partial charge on any atom is -0.496 e. The Balaban J connectivity index is 3.44. The second-order valence-electron chi connectivity index (χ2n) is 4.82. The third kappa shape index (κ3) is 3.04. The number of ether oxygens (including phenoxy) is 1. The van der Waals surface area contributed by atoms with Gasteiger partial charge in [-0.2, -0.15) is 0 Å². The molecule has 4 nitrogen and oxygen atoms in total. The summed E-state index contributed by atoms with van der Waals surface area (Å²) >= 11 is 0. The predicted molar refractivity (Wildman–Crippen MR) is 70.8 cm³/mol. The summed E-state index contributed by atoms with van der Waals surface area (Å²) in [5.41, 5.74) is 5.25. The van der Waals surface area contributed by atoms with Gasteiger partial charge in [-0.3, -0.25) is 4.79 Å². The van der Waals surface area contributed by atoms with Gasteiger partial charge in [-0.15, -0.1) is 0 Å². The van der Waals surface area contributed by atoms with Crippen LogP contribution in [0.4, 0.5) is 4.39 Å². The standard InChI is InChI=1S/C14H20FNO3/c1-4-11(16)14(2,8-12(17)18)13-9(15)6-5-7-10(13)19-3/h5-7,11H,4,8,16H2,1-3H3,(H,17,18). The van der Waals surface area contributed by atoms with Crippen LogP contribution in [0.15, 0.2) is 18.2 Å². The molecular formula is C14H20FNO3. The molecule has 0 saturated carbocycles. The first-order chi connectivity index (χ1) is 8.86. The van der Waals surface area contributed by atoms with Crippen molar-refractivity contribution in [2.75, 3.05) is 7.11 Å². The molecule has 0 fully saturated rings. The number of benzene rings is 1. The fourth-order valence-corrected chi connectivity index (χ4v) is 2.40. The topological polar surface area (TPSA) is 72.6 Å². The molecule has 0 bridgehead atoms. The van der Waals surface area contributed by atoms with E-state index in [1.54, 1.807) is 13.0 Å². The minimum absolute atomic E-state index is 0.231. The molecule has 0 heterocycles. The molecule has 5 heteroatoms. The molecule has 3 N–H and O–H groups in total. The summed E-state index contributed by atoms with van der Waals surface area (Å²) in [4.78, 5) is 11.1. The molecule has 0 spiro atoms. The van der Waals surface area contributed by atoms with Crippen LogP contribution in [-0.2, 0) is 10.2 Å². The van der Waals surface area contributed by atoms with Gasteiger partial charge >= 0.3 is 5.97 Å². The molecule has 0 aliphatic rings. The van der Waals surface area contributed by atoms with Gasteiger partial charge < -0.3 is 15.6 Å². The number of hydrogen-bond acceptors (Lipinski definition) is 3. The molecule has 106 valence electrons. The summed E-state index contributed by atoms with van der Waals surface area (Å²) in [7, 11) is 1.43. The maximum absolute atomic E-state index is 14.2. The average molecular weight is 269 g/mol. The van der Waals surface area contributed by atoms with Gasteiger partial charge in [0, 0.05) is 17.0 Å². The fourth-order valence-electron chi connectivity index (χ4n) is 2.40. The van der Waals surface area contributed by atoms with Crippen LogP contribution >= 0.6 is 0 Å². The van der Waals surface area contributed by atoms with Gasteiger partial charge in [0.2, 0.25) is 0 Å². The van der Waals surface area contributed by atoms with Crippen LogP contribution in [0.3, 0.4) is 0 Å². The molecule has 0 amide bonds. The smallest absolute Gasteiger partial charge is 0.304 e. The molecule has 0 aliphatic carbocycles. The maximum atomic E-state index is 14.2. The largest absolute Gasteiger partial charge is 0.496 e. The van der Waals surface area contributed by atoms with Gasteiger partial charge in [0.25, 0.3) is 0 Å². The van der Waals surface area contributed by atoms with Crippen LogP contribution < -0.4 is 10.5 Å². The molecule has 1 rings (SSSR count). The highest BCUT2D eigenvalue weighted by atomic mass is 19.1. The summed E-state index contributed by atoms with van der Waals surface area (Å²) in [5, 5.41) is 9.09. The molecule has 1 aromatic carbocycles. The molecule has 2 unspecified atom stereocenters. The number of halogens is 1. The van der Waals surface area contributed by atoms with Crippen molar-refractivity contribution in [3.8, 4) is 5.75 Å². The number of carboxylic acids is 1. The molecular weight excluding hydrogens is 249 g/mol. The third-order valence-electron chi connectivity index (χ3n) is 3.54. The first-order valence-corrected chi connectivity index (χ1v) is 6.17. The summed E-state index contributed by atoms with van der Waals surface area (Å²) in [6.07, 6.45) is 0.292. The van der Waals surface area contributed by atoms with Crippen molar-refractivity contribution >= 4 is 5.97 Å². The van der Waals surface area contributed by atoms with Gasteiger partial charge in [0.05, 0.1) is 13.5 Å². The van der Waals surface area contributed by atoms with E-state index >= 15 is 0 Å². The summed E-state index contributed by atoms with van der Waals surface area (Å²) < 4.78 is 19.3. The molecule has 0 radical (unpaired) electrons. The van der Waals surface area contributed by atoms with Gasteiger partial charge in [-0.1, -0.05) is 19.9 Å². The second-order valence-corrected chi connectivity index (χ2v) is 4.82.